The van der Waals surface area contributed by atoms with Gasteiger partial charge in [0.2, 0.25) is 0 Å². The second-order valence-corrected chi connectivity index (χ2v) is 5.47. The van der Waals surface area contributed by atoms with Gasteiger partial charge in [-0.15, -0.1) is 0 Å². The lowest BCUT2D eigenvalue weighted by Gasteiger charge is -2.18. The molecule has 0 saturated heterocycles. The topological polar surface area (TPSA) is 58.7 Å². The van der Waals surface area contributed by atoms with Gasteiger partial charge in [0.1, 0.15) is 17.6 Å². The van der Waals surface area contributed by atoms with Crippen molar-refractivity contribution in [2.24, 2.45) is 0 Å². The average Bonchev–Trinajstić information content (AvgIpc) is 2.82. The highest BCUT2D eigenvalue weighted by molar-refractivity contribution is 5.85. The van der Waals surface area contributed by atoms with E-state index in [-0.39, 0.29) is 11.1 Å². The highest BCUT2D eigenvalue weighted by Gasteiger charge is 2.19. The molecule has 0 fully saturated rings. The van der Waals surface area contributed by atoms with Crippen molar-refractivity contribution in [3.05, 3.63) is 41.3 Å². The minimum Gasteiger partial charge on any atom is -0.298 e. The number of aldehydes is 1. The van der Waals surface area contributed by atoms with E-state index in [1.54, 1.807) is 23.0 Å². The third-order valence-electron chi connectivity index (χ3n) is 2.92. The largest absolute Gasteiger partial charge is 0.298 e. The van der Waals surface area contributed by atoms with Crippen LogP contribution >= 0.6 is 0 Å². The maximum atomic E-state index is 13.7. The van der Waals surface area contributed by atoms with E-state index in [9.17, 15) is 9.18 Å². The molecule has 0 saturated carbocycles. The molecule has 0 aliphatic rings. The van der Waals surface area contributed by atoms with Crippen LogP contribution in [0.4, 0.5) is 4.39 Å². The molecule has 2 rings (SSSR count). The Labute approximate surface area is 116 Å². The fourth-order valence-electron chi connectivity index (χ4n) is 1.79. The molecule has 102 valence electrons. The summed E-state index contributed by atoms with van der Waals surface area (Å²) in [6.07, 6.45) is 2.33. The highest BCUT2D eigenvalue weighted by Crippen LogP contribution is 2.25. The number of carbonyl (C=O) groups is 1. The average molecular weight is 271 g/mol. The van der Waals surface area contributed by atoms with E-state index in [2.05, 4.69) is 5.10 Å². The molecule has 5 heteroatoms. The lowest BCUT2D eigenvalue weighted by atomic mass is 10.1. The Bertz CT molecular complexity index is 705. The summed E-state index contributed by atoms with van der Waals surface area (Å²) in [5, 5.41) is 13.1. The van der Waals surface area contributed by atoms with Crippen LogP contribution in [0.5, 0.6) is 0 Å². The highest BCUT2D eigenvalue weighted by atomic mass is 19.1. The van der Waals surface area contributed by atoms with Gasteiger partial charge >= 0.3 is 0 Å². The predicted octanol–water partition coefficient (Wildman–Crippen LogP) is 3.13. The molecule has 0 amide bonds. The van der Waals surface area contributed by atoms with Crippen molar-refractivity contribution in [1.29, 1.82) is 5.26 Å². The molecule has 1 heterocycles. The standard InChI is InChI=1S/C15H14FN3O/c1-15(2,3)19-8-12(9-20)14(18-19)10-4-5-11(7-17)13(16)6-10/h4-6,8-9H,1-3H3. The third-order valence-corrected chi connectivity index (χ3v) is 2.92. The quantitative estimate of drug-likeness (QED) is 0.788. The van der Waals surface area contributed by atoms with Crippen LogP contribution in [0.2, 0.25) is 0 Å². The maximum absolute atomic E-state index is 13.7. The Balaban J connectivity index is 2.58. The normalized spacial score (nSPS) is 11.2. The van der Waals surface area contributed by atoms with E-state index in [1.807, 2.05) is 20.8 Å². The Kier molecular flexibility index (Phi) is 3.41. The van der Waals surface area contributed by atoms with Crippen molar-refractivity contribution >= 4 is 6.29 Å². The summed E-state index contributed by atoms with van der Waals surface area (Å²) in [6.45, 7) is 5.87. The van der Waals surface area contributed by atoms with Crippen molar-refractivity contribution in [2.45, 2.75) is 26.3 Å². The summed E-state index contributed by atoms with van der Waals surface area (Å²) in [5.74, 6) is -0.618. The molecule has 0 N–H and O–H groups in total. The van der Waals surface area contributed by atoms with Gasteiger partial charge in [-0.05, 0) is 32.9 Å². The first-order valence-electron chi connectivity index (χ1n) is 6.12. The monoisotopic (exact) mass is 271 g/mol. The second kappa shape index (κ2) is 4.89. The van der Waals surface area contributed by atoms with E-state index in [0.717, 1.165) is 0 Å². The van der Waals surface area contributed by atoms with E-state index >= 15 is 0 Å². The van der Waals surface area contributed by atoms with Crippen molar-refractivity contribution in [3.63, 3.8) is 0 Å². The van der Waals surface area contributed by atoms with Crippen LogP contribution in [0.15, 0.2) is 24.4 Å². The van der Waals surface area contributed by atoms with Gasteiger partial charge in [0.15, 0.2) is 6.29 Å². The van der Waals surface area contributed by atoms with Crippen LogP contribution in [0.3, 0.4) is 0 Å². The molecule has 4 nitrogen and oxygen atoms in total. The van der Waals surface area contributed by atoms with Gasteiger partial charge in [-0.3, -0.25) is 9.48 Å². The number of carbonyl (C=O) groups excluding carboxylic acids is 1. The summed E-state index contributed by atoms with van der Waals surface area (Å²) >= 11 is 0. The van der Waals surface area contributed by atoms with Crippen LogP contribution in [0.25, 0.3) is 11.3 Å². The van der Waals surface area contributed by atoms with Crippen LogP contribution in [-0.2, 0) is 5.54 Å². The van der Waals surface area contributed by atoms with Gasteiger partial charge < -0.3 is 0 Å². The molecule has 2 aromatic rings. The van der Waals surface area contributed by atoms with Gasteiger partial charge in [0.05, 0.1) is 16.7 Å². The lowest BCUT2D eigenvalue weighted by Crippen LogP contribution is -2.22. The molecule has 0 bridgehead atoms. The smallest absolute Gasteiger partial charge is 0.153 e. The Morgan fingerprint density at radius 2 is 2.10 bits per heavy atom. The van der Waals surface area contributed by atoms with Gasteiger partial charge in [-0.25, -0.2) is 4.39 Å². The fraction of sp³-hybridized carbons (Fsp3) is 0.267. The number of aromatic nitrogens is 2. The first-order chi connectivity index (χ1) is 9.36. The second-order valence-electron chi connectivity index (χ2n) is 5.47. The van der Waals surface area contributed by atoms with Gasteiger partial charge in [0.25, 0.3) is 0 Å². The first kappa shape index (κ1) is 13.9. The van der Waals surface area contributed by atoms with Crippen molar-refractivity contribution in [3.8, 4) is 17.3 Å². The molecular formula is C15H14FN3O. The van der Waals surface area contributed by atoms with Gasteiger partial charge in [-0.1, -0.05) is 6.07 Å². The molecule has 1 aromatic heterocycles. The first-order valence-corrected chi connectivity index (χ1v) is 6.12. The summed E-state index contributed by atoms with van der Waals surface area (Å²) in [6, 6.07) is 5.96. The number of nitriles is 1. The number of rotatable bonds is 2. The molecule has 0 radical (unpaired) electrons. The predicted molar refractivity (Wildman–Crippen MR) is 72.7 cm³/mol. The minimum atomic E-state index is -0.618. The van der Waals surface area contributed by atoms with Crippen LogP contribution < -0.4 is 0 Å². The number of nitrogens with zero attached hydrogens (tertiary/aromatic N) is 3. The number of hydrogen-bond donors (Lipinski definition) is 0. The van der Waals surface area contributed by atoms with E-state index in [1.165, 1.54) is 12.1 Å². The Morgan fingerprint density at radius 1 is 1.40 bits per heavy atom. The SMILES string of the molecule is CC(C)(C)n1cc(C=O)c(-c2ccc(C#N)c(F)c2)n1. The van der Waals surface area contributed by atoms with E-state index < -0.39 is 5.82 Å². The van der Waals surface area contributed by atoms with Crippen molar-refractivity contribution < 1.29 is 9.18 Å². The molecular weight excluding hydrogens is 257 g/mol. The van der Waals surface area contributed by atoms with E-state index in [4.69, 9.17) is 5.26 Å². The summed E-state index contributed by atoms with van der Waals surface area (Å²) in [5.41, 5.74) is 0.979. The number of halogens is 1. The molecule has 0 aliphatic carbocycles. The molecule has 0 atom stereocenters. The Morgan fingerprint density at radius 3 is 2.60 bits per heavy atom. The van der Waals surface area contributed by atoms with E-state index in [0.29, 0.717) is 23.1 Å². The van der Waals surface area contributed by atoms with Crippen molar-refractivity contribution in [2.75, 3.05) is 0 Å². The molecule has 0 aliphatic heterocycles. The minimum absolute atomic E-state index is 0.0309. The maximum Gasteiger partial charge on any atom is 0.153 e. The fourth-order valence-corrected chi connectivity index (χ4v) is 1.79. The van der Waals surface area contributed by atoms with Crippen LogP contribution in [0, 0.1) is 17.1 Å². The summed E-state index contributed by atoms with van der Waals surface area (Å²) in [4.78, 5) is 11.1. The molecule has 0 spiro atoms. The van der Waals surface area contributed by atoms with Crippen molar-refractivity contribution in [1.82, 2.24) is 9.78 Å². The lowest BCUT2D eigenvalue weighted by molar-refractivity contribution is 0.112. The Hall–Kier alpha value is -2.48. The van der Waals surface area contributed by atoms with Gasteiger partial charge in [0, 0.05) is 11.8 Å². The summed E-state index contributed by atoms with van der Waals surface area (Å²) in [7, 11) is 0. The van der Waals surface area contributed by atoms with Gasteiger partial charge in [-0.2, -0.15) is 10.4 Å². The zero-order chi connectivity index (χ0) is 14.9. The zero-order valence-corrected chi connectivity index (χ0v) is 11.5. The summed E-state index contributed by atoms with van der Waals surface area (Å²) < 4.78 is 15.3. The molecule has 0 unspecified atom stereocenters. The molecule has 20 heavy (non-hydrogen) atoms. The number of benzene rings is 1. The van der Waals surface area contributed by atoms with Crippen LogP contribution in [-0.4, -0.2) is 16.1 Å². The third kappa shape index (κ3) is 2.45. The zero-order valence-electron chi connectivity index (χ0n) is 11.5. The number of hydrogen-bond acceptors (Lipinski definition) is 3. The molecule has 1 aromatic carbocycles. The van der Waals surface area contributed by atoms with Crippen LogP contribution in [0.1, 0.15) is 36.7 Å².